The number of rotatable bonds is 5. The third-order valence-electron chi connectivity index (χ3n) is 6.02. The zero-order valence-corrected chi connectivity index (χ0v) is 21.1. The Kier molecular flexibility index (Phi) is 6.94. The van der Waals surface area contributed by atoms with E-state index in [0.29, 0.717) is 18.9 Å². The van der Waals surface area contributed by atoms with Gasteiger partial charge >= 0.3 is 12.1 Å². The number of pyridine rings is 3. The monoisotopic (exact) mass is 548 g/mol. The van der Waals surface area contributed by atoms with Crippen molar-refractivity contribution in [2.45, 2.75) is 26.2 Å². The number of benzene rings is 1. The Bertz CT molecular complexity index is 1850. The number of fused-ring (bicyclic) bond motifs is 3. The molecule has 40 heavy (non-hydrogen) atoms. The van der Waals surface area contributed by atoms with Gasteiger partial charge in [-0.3, -0.25) is 4.68 Å². The second kappa shape index (κ2) is 10.5. The van der Waals surface area contributed by atoms with Gasteiger partial charge in [0, 0.05) is 42.9 Å². The predicted molar refractivity (Wildman–Crippen MR) is 144 cm³/mol. The van der Waals surface area contributed by atoms with Crippen molar-refractivity contribution in [3.05, 3.63) is 90.3 Å². The highest BCUT2D eigenvalue weighted by atomic mass is 19.4. The van der Waals surface area contributed by atoms with Crippen LogP contribution in [0.1, 0.15) is 16.8 Å². The molecular weight excluding hydrogens is 525 g/mol. The number of nitrogens with zero attached hydrogens (tertiary/aromatic N) is 6. The minimum atomic E-state index is -5.08. The molecule has 0 radical (unpaired) electrons. The number of alkyl halides is 3. The Morgan fingerprint density at radius 3 is 2.52 bits per heavy atom. The number of nitrogens with two attached hydrogens (primary N) is 1. The fraction of sp³-hybridized carbons (Fsp3) is 0.148. The van der Waals surface area contributed by atoms with Crippen LogP contribution in [0.4, 0.5) is 24.8 Å². The molecule has 204 valence electrons. The Hall–Kier alpha value is -5.20. The summed E-state index contributed by atoms with van der Waals surface area (Å²) in [6.45, 7) is 3.31. The molecule has 0 bridgehead atoms. The molecule has 0 saturated heterocycles. The van der Waals surface area contributed by atoms with Crippen LogP contribution < -0.4 is 11.1 Å². The molecule has 0 saturated carbocycles. The number of halogens is 3. The standard InChI is InChI=1S/C25H22N8.C2HF3O2/c1-16-12-32-13-18(3-5-23(32)30-16)14-33-15-21-22(31-33)7-9-28-25(21)29-11-17-2-4-20-19(10-17)6-8-27-24(20)26;3-2(4,5)1(6)7/h2-10,12-13,15H,11,14H2,1H3,(H2,26,27)(H,28,29);(H,6,7). The molecule has 0 aliphatic rings. The van der Waals surface area contributed by atoms with Crippen molar-refractivity contribution in [1.29, 1.82) is 0 Å². The number of carboxylic acid groups (broad SMARTS) is 1. The van der Waals surface area contributed by atoms with Crippen LogP contribution in [-0.2, 0) is 17.9 Å². The van der Waals surface area contributed by atoms with Gasteiger partial charge in [0.05, 0.1) is 23.1 Å². The van der Waals surface area contributed by atoms with E-state index in [-0.39, 0.29) is 0 Å². The summed E-state index contributed by atoms with van der Waals surface area (Å²) in [5.74, 6) is -1.39. The lowest BCUT2D eigenvalue weighted by Crippen LogP contribution is -2.21. The van der Waals surface area contributed by atoms with Crippen molar-refractivity contribution in [2.24, 2.45) is 0 Å². The summed E-state index contributed by atoms with van der Waals surface area (Å²) in [6, 6.07) is 14.2. The Balaban J connectivity index is 0.000000411. The Morgan fingerprint density at radius 1 is 1.00 bits per heavy atom. The van der Waals surface area contributed by atoms with E-state index in [9.17, 15) is 13.2 Å². The molecule has 10 nitrogen and oxygen atoms in total. The van der Waals surface area contributed by atoms with E-state index < -0.39 is 12.1 Å². The summed E-state index contributed by atoms with van der Waals surface area (Å²) >= 11 is 0. The van der Waals surface area contributed by atoms with Gasteiger partial charge in [0.1, 0.15) is 17.3 Å². The lowest BCUT2D eigenvalue weighted by atomic mass is 10.1. The molecule has 6 rings (SSSR count). The summed E-state index contributed by atoms with van der Waals surface area (Å²) < 4.78 is 35.7. The highest BCUT2D eigenvalue weighted by Gasteiger charge is 2.38. The van der Waals surface area contributed by atoms with Crippen molar-refractivity contribution in [3.8, 4) is 0 Å². The highest BCUT2D eigenvalue weighted by molar-refractivity contribution is 5.91. The van der Waals surface area contributed by atoms with Crippen molar-refractivity contribution in [1.82, 2.24) is 29.1 Å². The number of carbonyl (C=O) groups is 1. The second-order valence-electron chi connectivity index (χ2n) is 9.01. The SMILES string of the molecule is Cc1cn2cc(Cn3cc4c(NCc5ccc6c(N)nccc6c5)nccc4n3)ccc2n1.O=C(O)C(F)(F)F. The summed E-state index contributed by atoms with van der Waals surface area (Å²) in [4.78, 5) is 22.1. The number of aliphatic carboxylic acids is 1. The van der Waals surface area contributed by atoms with Crippen molar-refractivity contribution < 1.29 is 23.1 Å². The van der Waals surface area contributed by atoms with Gasteiger partial charge in [-0.15, -0.1) is 0 Å². The molecular formula is C27H23F3N8O2. The third-order valence-corrected chi connectivity index (χ3v) is 6.02. The summed E-state index contributed by atoms with van der Waals surface area (Å²) in [7, 11) is 0. The molecule has 0 unspecified atom stereocenters. The summed E-state index contributed by atoms with van der Waals surface area (Å²) in [5.41, 5.74) is 11.1. The minimum Gasteiger partial charge on any atom is -0.475 e. The molecule has 5 heterocycles. The minimum absolute atomic E-state index is 0.549. The van der Waals surface area contributed by atoms with Gasteiger partial charge in [0.15, 0.2) is 0 Å². The molecule has 4 N–H and O–H groups in total. The number of nitrogen functional groups attached to an aromatic ring is 1. The largest absolute Gasteiger partial charge is 0.490 e. The van der Waals surface area contributed by atoms with Gasteiger partial charge in [-0.1, -0.05) is 18.2 Å². The number of aromatic nitrogens is 6. The smallest absolute Gasteiger partial charge is 0.475 e. The van der Waals surface area contributed by atoms with Gasteiger partial charge in [-0.25, -0.2) is 19.7 Å². The molecule has 0 spiro atoms. The first-order valence-corrected chi connectivity index (χ1v) is 12.0. The van der Waals surface area contributed by atoms with E-state index in [2.05, 4.69) is 49.1 Å². The van der Waals surface area contributed by atoms with E-state index in [1.54, 1.807) is 12.4 Å². The van der Waals surface area contributed by atoms with E-state index >= 15 is 0 Å². The number of hydrogen-bond donors (Lipinski definition) is 3. The van der Waals surface area contributed by atoms with Gasteiger partial charge in [-0.05, 0) is 47.7 Å². The Labute approximate surface area is 224 Å². The normalized spacial score (nSPS) is 11.5. The maximum Gasteiger partial charge on any atom is 0.490 e. The first-order valence-electron chi connectivity index (χ1n) is 12.0. The highest BCUT2D eigenvalue weighted by Crippen LogP contribution is 2.23. The quantitative estimate of drug-likeness (QED) is 0.279. The molecule has 13 heteroatoms. The van der Waals surface area contributed by atoms with Crippen molar-refractivity contribution in [3.63, 3.8) is 0 Å². The number of aryl methyl sites for hydroxylation is 1. The molecule has 1 aromatic carbocycles. The zero-order valence-electron chi connectivity index (χ0n) is 21.1. The lowest BCUT2D eigenvalue weighted by molar-refractivity contribution is -0.192. The number of nitrogens with one attached hydrogen (secondary N) is 1. The zero-order chi connectivity index (χ0) is 28.4. The van der Waals surface area contributed by atoms with Crippen LogP contribution in [0.5, 0.6) is 0 Å². The van der Waals surface area contributed by atoms with E-state index in [1.165, 1.54) is 0 Å². The average Bonchev–Trinajstić information content (AvgIpc) is 3.49. The van der Waals surface area contributed by atoms with Gasteiger partial charge in [0.2, 0.25) is 0 Å². The van der Waals surface area contributed by atoms with Crippen LogP contribution in [0.25, 0.3) is 27.3 Å². The van der Waals surface area contributed by atoms with Gasteiger partial charge in [-0.2, -0.15) is 18.3 Å². The number of imidazole rings is 1. The number of carboxylic acids is 1. The predicted octanol–water partition coefficient (Wildman–Crippen LogP) is 4.81. The molecule has 0 atom stereocenters. The molecule has 0 aliphatic carbocycles. The van der Waals surface area contributed by atoms with Crippen LogP contribution in [0.15, 0.2) is 73.4 Å². The third kappa shape index (κ3) is 5.77. The van der Waals surface area contributed by atoms with Crippen molar-refractivity contribution in [2.75, 3.05) is 11.1 Å². The van der Waals surface area contributed by atoms with Gasteiger partial charge in [0.25, 0.3) is 0 Å². The van der Waals surface area contributed by atoms with Crippen LogP contribution in [-0.4, -0.2) is 46.4 Å². The maximum atomic E-state index is 10.6. The molecule has 0 fully saturated rings. The first kappa shape index (κ1) is 26.4. The fourth-order valence-corrected chi connectivity index (χ4v) is 4.21. The number of hydrogen-bond acceptors (Lipinski definition) is 7. The van der Waals surface area contributed by atoms with Crippen molar-refractivity contribution >= 4 is 44.9 Å². The van der Waals surface area contributed by atoms with E-state index in [1.807, 2.05) is 48.3 Å². The average molecular weight is 549 g/mol. The summed E-state index contributed by atoms with van der Waals surface area (Å²) in [6.07, 6.45) is 4.61. The molecule has 0 aliphatic heterocycles. The second-order valence-corrected chi connectivity index (χ2v) is 9.01. The molecule has 5 aromatic heterocycles. The maximum absolute atomic E-state index is 10.6. The van der Waals surface area contributed by atoms with E-state index in [4.69, 9.17) is 20.7 Å². The topological polar surface area (TPSA) is 136 Å². The number of anilines is 2. The Morgan fingerprint density at radius 2 is 1.75 bits per heavy atom. The van der Waals surface area contributed by atoms with E-state index in [0.717, 1.165) is 50.0 Å². The summed E-state index contributed by atoms with van der Waals surface area (Å²) in [5, 5.41) is 18.4. The molecule has 6 aromatic rings. The molecule has 0 amide bonds. The van der Waals surface area contributed by atoms with Crippen LogP contribution >= 0.6 is 0 Å². The van der Waals surface area contributed by atoms with Crippen LogP contribution in [0.3, 0.4) is 0 Å². The van der Waals surface area contributed by atoms with Crippen LogP contribution in [0.2, 0.25) is 0 Å². The lowest BCUT2D eigenvalue weighted by Gasteiger charge is -2.08. The fourth-order valence-electron chi connectivity index (χ4n) is 4.21. The van der Waals surface area contributed by atoms with Crippen LogP contribution in [0, 0.1) is 6.92 Å². The van der Waals surface area contributed by atoms with Gasteiger partial charge < -0.3 is 20.6 Å². The first-order chi connectivity index (χ1) is 19.1.